The van der Waals surface area contributed by atoms with Crippen LogP contribution in [0.2, 0.25) is 0 Å². The maximum absolute atomic E-state index is 5.37. The lowest BCUT2D eigenvalue weighted by Gasteiger charge is -1.95. The molecule has 0 aromatic carbocycles. The standard InChI is InChI=1S/C7H10N6O/c1-13-5(14-2)3-4(12-13)6-9-7(8)11-10-6/h3H,1-2H3,(H3,8,9,10,11). The number of methoxy groups -OCH3 is 1. The van der Waals surface area contributed by atoms with Crippen molar-refractivity contribution in [3.05, 3.63) is 6.07 Å². The van der Waals surface area contributed by atoms with Gasteiger partial charge in [0.15, 0.2) is 5.82 Å². The Morgan fingerprint density at radius 3 is 2.86 bits per heavy atom. The minimum Gasteiger partial charge on any atom is -0.481 e. The monoisotopic (exact) mass is 194 g/mol. The number of nitrogens with one attached hydrogen (secondary N) is 1. The molecule has 0 bridgehead atoms. The molecule has 0 aliphatic rings. The highest BCUT2D eigenvalue weighted by molar-refractivity contribution is 5.51. The fourth-order valence-electron chi connectivity index (χ4n) is 1.15. The van der Waals surface area contributed by atoms with E-state index in [0.717, 1.165) is 0 Å². The molecule has 0 radical (unpaired) electrons. The molecule has 0 amide bonds. The van der Waals surface area contributed by atoms with Crippen LogP contribution in [0.25, 0.3) is 11.5 Å². The Morgan fingerprint density at radius 2 is 2.36 bits per heavy atom. The number of hydrogen-bond donors (Lipinski definition) is 2. The summed E-state index contributed by atoms with van der Waals surface area (Å²) in [7, 11) is 3.36. The molecule has 74 valence electrons. The number of H-pyrrole nitrogens is 1. The summed E-state index contributed by atoms with van der Waals surface area (Å²) in [5, 5.41) is 10.5. The van der Waals surface area contributed by atoms with Crippen molar-refractivity contribution in [2.45, 2.75) is 0 Å². The summed E-state index contributed by atoms with van der Waals surface area (Å²) in [5.74, 6) is 1.38. The number of aromatic nitrogens is 5. The third-order valence-corrected chi connectivity index (χ3v) is 1.79. The second-order valence-corrected chi connectivity index (χ2v) is 2.74. The van der Waals surface area contributed by atoms with Crippen molar-refractivity contribution < 1.29 is 4.74 Å². The predicted octanol–water partition coefficient (Wildman–Crippen LogP) is -0.204. The van der Waals surface area contributed by atoms with Gasteiger partial charge in [0.1, 0.15) is 5.69 Å². The first kappa shape index (κ1) is 8.54. The molecular formula is C7H10N6O. The molecule has 0 saturated heterocycles. The van der Waals surface area contributed by atoms with Gasteiger partial charge in [-0.3, -0.25) is 5.10 Å². The summed E-state index contributed by atoms with van der Waals surface area (Å²) in [6.45, 7) is 0. The van der Waals surface area contributed by atoms with Gasteiger partial charge in [-0.2, -0.15) is 10.1 Å². The Morgan fingerprint density at radius 1 is 1.57 bits per heavy atom. The summed E-state index contributed by atoms with van der Waals surface area (Å²) in [6, 6.07) is 1.75. The van der Waals surface area contributed by atoms with Crippen LogP contribution >= 0.6 is 0 Å². The van der Waals surface area contributed by atoms with Gasteiger partial charge in [0.2, 0.25) is 11.8 Å². The Labute approximate surface area is 79.9 Å². The molecule has 0 spiro atoms. The third kappa shape index (κ3) is 1.28. The van der Waals surface area contributed by atoms with Gasteiger partial charge < -0.3 is 10.5 Å². The number of nitrogens with zero attached hydrogens (tertiary/aromatic N) is 4. The Kier molecular flexibility index (Phi) is 1.84. The first-order valence-electron chi connectivity index (χ1n) is 3.97. The van der Waals surface area contributed by atoms with Crippen LogP contribution in [-0.4, -0.2) is 32.1 Å². The molecule has 0 aliphatic heterocycles. The first-order valence-corrected chi connectivity index (χ1v) is 3.97. The number of nitrogen functional groups attached to an aromatic ring is 1. The number of anilines is 1. The predicted molar refractivity (Wildman–Crippen MR) is 49.5 cm³/mol. The normalized spacial score (nSPS) is 10.4. The van der Waals surface area contributed by atoms with E-state index in [2.05, 4.69) is 20.3 Å². The molecule has 0 saturated carbocycles. The molecule has 7 heteroatoms. The van der Waals surface area contributed by atoms with Crippen LogP contribution in [0.3, 0.4) is 0 Å². The lowest BCUT2D eigenvalue weighted by atomic mass is 10.4. The molecule has 2 heterocycles. The van der Waals surface area contributed by atoms with Crippen LogP contribution < -0.4 is 10.5 Å². The van der Waals surface area contributed by atoms with E-state index in [-0.39, 0.29) is 5.95 Å². The summed E-state index contributed by atoms with van der Waals surface area (Å²) in [5.41, 5.74) is 6.02. The van der Waals surface area contributed by atoms with Gasteiger partial charge in [-0.05, 0) is 0 Å². The number of hydrogen-bond acceptors (Lipinski definition) is 5. The van der Waals surface area contributed by atoms with E-state index in [1.165, 1.54) is 0 Å². The number of nitrogens with two attached hydrogens (primary N) is 1. The topological polar surface area (TPSA) is 94.6 Å². The minimum atomic E-state index is 0.199. The number of rotatable bonds is 2. The zero-order valence-corrected chi connectivity index (χ0v) is 7.85. The number of aromatic amines is 1. The van der Waals surface area contributed by atoms with E-state index in [0.29, 0.717) is 17.4 Å². The van der Waals surface area contributed by atoms with Crippen molar-refractivity contribution in [2.75, 3.05) is 12.8 Å². The van der Waals surface area contributed by atoms with E-state index in [1.54, 1.807) is 24.9 Å². The molecule has 0 atom stereocenters. The van der Waals surface area contributed by atoms with Crippen LogP contribution in [0.1, 0.15) is 0 Å². The Bertz CT molecular complexity index is 445. The van der Waals surface area contributed by atoms with Gasteiger partial charge in [0.25, 0.3) is 0 Å². The molecule has 14 heavy (non-hydrogen) atoms. The lowest BCUT2D eigenvalue weighted by Crippen LogP contribution is -1.94. The van der Waals surface area contributed by atoms with E-state index in [9.17, 15) is 0 Å². The highest BCUT2D eigenvalue weighted by atomic mass is 16.5. The fourth-order valence-corrected chi connectivity index (χ4v) is 1.15. The van der Waals surface area contributed by atoms with Crippen LogP contribution in [0.4, 0.5) is 5.95 Å². The van der Waals surface area contributed by atoms with Crippen molar-refractivity contribution in [3.63, 3.8) is 0 Å². The van der Waals surface area contributed by atoms with Crippen LogP contribution in [-0.2, 0) is 7.05 Å². The van der Waals surface area contributed by atoms with Crippen LogP contribution in [0.15, 0.2) is 6.07 Å². The Balaban J connectivity index is 2.42. The summed E-state index contributed by atoms with van der Waals surface area (Å²) < 4.78 is 6.67. The van der Waals surface area contributed by atoms with Gasteiger partial charge in [0.05, 0.1) is 7.11 Å². The van der Waals surface area contributed by atoms with Gasteiger partial charge in [-0.25, -0.2) is 4.68 Å². The quantitative estimate of drug-likeness (QED) is 0.690. The van der Waals surface area contributed by atoms with Gasteiger partial charge >= 0.3 is 0 Å². The number of aryl methyl sites for hydroxylation is 1. The first-order chi connectivity index (χ1) is 6.70. The van der Waals surface area contributed by atoms with Crippen LogP contribution in [0, 0.1) is 0 Å². The fraction of sp³-hybridized carbons (Fsp3) is 0.286. The van der Waals surface area contributed by atoms with Crippen LogP contribution in [0.5, 0.6) is 5.88 Å². The molecule has 2 rings (SSSR count). The van der Waals surface area contributed by atoms with E-state index >= 15 is 0 Å². The molecule has 2 aromatic heterocycles. The zero-order valence-electron chi connectivity index (χ0n) is 7.85. The average molecular weight is 194 g/mol. The summed E-state index contributed by atoms with van der Waals surface area (Å²) in [4.78, 5) is 3.95. The van der Waals surface area contributed by atoms with E-state index in [4.69, 9.17) is 10.5 Å². The highest BCUT2D eigenvalue weighted by Gasteiger charge is 2.10. The summed E-state index contributed by atoms with van der Waals surface area (Å²) >= 11 is 0. The average Bonchev–Trinajstić information content (AvgIpc) is 2.71. The van der Waals surface area contributed by atoms with E-state index in [1.807, 2.05) is 0 Å². The third-order valence-electron chi connectivity index (χ3n) is 1.79. The van der Waals surface area contributed by atoms with Crippen molar-refractivity contribution in [2.24, 2.45) is 7.05 Å². The van der Waals surface area contributed by atoms with Crippen molar-refractivity contribution in [1.82, 2.24) is 25.0 Å². The molecule has 3 N–H and O–H groups in total. The van der Waals surface area contributed by atoms with Gasteiger partial charge in [-0.15, -0.1) is 5.10 Å². The second kappa shape index (κ2) is 3.02. The molecule has 0 fully saturated rings. The molecule has 0 unspecified atom stereocenters. The Hall–Kier alpha value is -2.05. The minimum absolute atomic E-state index is 0.199. The largest absolute Gasteiger partial charge is 0.481 e. The maximum Gasteiger partial charge on any atom is 0.239 e. The molecule has 7 nitrogen and oxygen atoms in total. The maximum atomic E-state index is 5.37. The number of ether oxygens (including phenoxy) is 1. The second-order valence-electron chi connectivity index (χ2n) is 2.74. The smallest absolute Gasteiger partial charge is 0.239 e. The highest BCUT2D eigenvalue weighted by Crippen LogP contribution is 2.19. The lowest BCUT2D eigenvalue weighted by molar-refractivity contribution is 0.373. The van der Waals surface area contributed by atoms with Crippen molar-refractivity contribution in [1.29, 1.82) is 0 Å². The SMILES string of the molecule is COc1cc(-c2nc(N)n[nH]2)nn1C. The zero-order chi connectivity index (χ0) is 10.1. The summed E-state index contributed by atoms with van der Waals surface area (Å²) in [6.07, 6.45) is 0. The van der Waals surface area contributed by atoms with Crippen molar-refractivity contribution >= 4 is 5.95 Å². The van der Waals surface area contributed by atoms with E-state index < -0.39 is 0 Å². The molecule has 2 aromatic rings. The van der Waals surface area contributed by atoms with Gasteiger partial charge in [0, 0.05) is 13.1 Å². The van der Waals surface area contributed by atoms with Crippen molar-refractivity contribution in [3.8, 4) is 17.4 Å². The van der Waals surface area contributed by atoms with Gasteiger partial charge in [-0.1, -0.05) is 0 Å². The molecule has 0 aliphatic carbocycles. The molecular weight excluding hydrogens is 184 g/mol.